The number of hydrogen-bond acceptors (Lipinski definition) is 3. The summed E-state index contributed by atoms with van der Waals surface area (Å²) >= 11 is 1.45. The van der Waals surface area contributed by atoms with Gasteiger partial charge >= 0.3 is 5.97 Å². The van der Waals surface area contributed by atoms with E-state index in [0.29, 0.717) is 5.75 Å². The van der Waals surface area contributed by atoms with Crippen LogP contribution in [0.15, 0.2) is 0 Å². The van der Waals surface area contributed by atoms with E-state index in [-0.39, 0.29) is 10.8 Å². The van der Waals surface area contributed by atoms with Crippen molar-refractivity contribution in [1.82, 2.24) is 0 Å². The van der Waals surface area contributed by atoms with Crippen LogP contribution in [-0.2, 0) is 4.79 Å². The van der Waals surface area contributed by atoms with Gasteiger partial charge in [0, 0.05) is 11.3 Å². The molecule has 0 saturated carbocycles. The number of rotatable bonds is 7. The van der Waals surface area contributed by atoms with Crippen molar-refractivity contribution in [2.45, 2.75) is 50.8 Å². The van der Waals surface area contributed by atoms with Crippen molar-refractivity contribution in [3.63, 3.8) is 0 Å². The van der Waals surface area contributed by atoms with Crippen molar-refractivity contribution >= 4 is 17.7 Å². The Morgan fingerprint density at radius 2 is 2.14 bits per heavy atom. The molecule has 0 fully saturated rings. The Morgan fingerprint density at radius 3 is 2.50 bits per heavy atom. The van der Waals surface area contributed by atoms with Gasteiger partial charge < -0.3 is 10.8 Å². The maximum Gasteiger partial charge on any atom is 0.316 e. The molecule has 0 aliphatic heterocycles. The Kier molecular flexibility index (Phi) is 6.20. The number of carboxylic acids is 1. The van der Waals surface area contributed by atoms with Gasteiger partial charge in [-0.3, -0.25) is 4.79 Å². The van der Waals surface area contributed by atoms with E-state index in [1.165, 1.54) is 11.8 Å². The molecule has 84 valence electrons. The van der Waals surface area contributed by atoms with Crippen LogP contribution in [0, 0.1) is 0 Å². The van der Waals surface area contributed by atoms with Gasteiger partial charge in [-0.25, -0.2) is 0 Å². The molecule has 3 nitrogen and oxygen atoms in total. The number of nitrogens with two attached hydrogens (primary N) is 1. The van der Waals surface area contributed by atoms with Crippen LogP contribution < -0.4 is 5.73 Å². The van der Waals surface area contributed by atoms with E-state index < -0.39 is 5.97 Å². The highest BCUT2D eigenvalue weighted by Crippen LogP contribution is 2.21. The predicted octanol–water partition coefficient (Wildman–Crippen LogP) is 2.10. The van der Waals surface area contributed by atoms with Gasteiger partial charge in [0.05, 0.1) is 0 Å². The molecule has 0 aliphatic rings. The van der Waals surface area contributed by atoms with Gasteiger partial charge in [-0.1, -0.05) is 19.8 Å². The van der Waals surface area contributed by atoms with Crippen LogP contribution in [0.3, 0.4) is 0 Å². The average molecular weight is 219 g/mol. The fraction of sp³-hybridized carbons (Fsp3) is 0.900. The summed E-state index contributed by atoms with van der Waals surface area (Å²) in [7, 11) is 0. The lowest BCUT2D eigenvalue weighted by molar-refractivity contribution is -0.136. The Bertz CT molecular complexity index is 177. The minimum Gasteiger partial charge on any atom is -0.480 e. The smallest absolute Gasteiger partial charge is 0.316 e. The predicted molar refractivity (Wildman–Crippen MR) is 61.7 cm³/mol. The summed E-state index contributed by atoms with van der Waals surface area (Å²) < 4.78 is 0. The molecule has 0 heterocycles. The fourth-order valence-electron chi connectivity index (χ4n) is 0.983. The van der Waals surface area contributed by atoms with Crippen molar-refractivity contribution < 1.29 is 9.90 Å². The topological polar surface area (TPSA) is 63.3 Å². The lowest BCUT2D eigenvalue weighted by Gasteiger charge is -2.20. The standard InChI is InChI=1S/C10H21NO2S/c1-4-5-6-8(9(12)13)14-7-10(2,3)11/h8H,4-7,11H2,1-3H3,(H,12,13). The molecular weight excluding hydrogens is 198 g/mol. The maximum absolute atomic E-state index is 10.9. The van der Waals surface area contributed by atoms with Crippen LogP contribution in [0.5, 0.6) is 0 Å². The van der Waals surface area contributed by atoms with Crippen molar-refractivity contribution in [3.05, 3.63) is 0 Å². The molecule has 0 aromatic heterocycles. The van der Waals surface area contributed by atoms with Gasteiger partial charge in [-0.2, -0.15) is 0 Å². The molecule has 0 aromatic carbocycles. The third-order valence-corrected chi connectivity index (χ3v) is 3.50. The first-order valence-electron chi connectivity index (χ1n) is 5.00. The van der Waals surface area contributed by atoms with Gasteiger partial charge in [0.1, 0.15) is 5.25 Å². The van der Waals surface area contributed by atoms with Crippen LogP contribution in [0.1, 0.15) is 40.0 Å². The molecule has 0 rings (SSSR count). The lowest BCUT2D eigenvalue weighted by Crippen LogP contribution is -2.36. The van der Waals surface area contributed by atoms with E-state index in [1.807, 2.05) is 13.8 Å². The van der Waals surface area contributed by atoms with Crippen molar-refractivity contribution in [3.8, 4) is 0 Å². The van der Waals surface area contributed by atoms with Crippen LogP contribution in [0.4, 0.5) is 0 Å². The number of hydrogen-bond donors (Lipinski definition) is 2. The highest BCUT2D eigenvalue weighted by Gasteiger charge is 2.20. The lowest BCUT2D eigenvalue weighted by atomic mass is 10.1. The van der Waals surface area contributed by atoms with Crippen LogP contribution >= 0.6 is 11.8 Å². The quantitative estimate of drug-likeness (QED) is 0.688. The van der Waals surface area contributed by atoms with Crippen molar-refractivity contribution in [1.29, 1.82) is 0 Å². The minimum absolute atomic E-state index is 0.287. The molecule has 0 aromatic rings. The largest absolute Gasteiger partial charge is 0.480 e. The number of carbonyl (C=O) groups is 1. The molecule has 1 unspecified atom stereocenters. The summed E-state index contributed by atoms with van der Waals surface area (Å²) in [5.74, 6) is -0.0269. The first-order valence-corrected chi connectivity index (χ1v) is 6.05. The van der Waals surface area contributed by atoms with Crippen molar-refractivity contribution in [2.24, 2.45) is 5.73 Å². The molecular formula is C10H21NO2S. The van der Waals surface area contributed by atoms with Gasteiger partial charge in [-0.05, 0) is 20.3 Å². The molecule has 3 N–H and O–H groups in total. The van der Waals surface area contributed by atoms with Crippen LogP contribution in [0.2, 0.25) is 0 Å². The summed E-state index contributed by atoms with van der Waals surface area (Å²) in [6.07, 6.45) is 2.75. The van der Waals surface area contributed by atoms with E-state index in [9.17, 15) is 4.79 Å². The second kappa shape index (κ2) is 6.30. The number of thioether (sulfide) groups is 1. The molecule has 14 heavy (non-hydrogen) atoms. The second-order valence-corrected chi connectivity index (χ2v) is 5.46. The molecule has 4 heteroatoms. The summed E-state index contributed by atoms with van der Waals surface area (Å²) in [4.78, 5) is 10.9. The van der Waals surface area contributed by atoms with Crippen molar-refractivity contribution in [2.75, 3.05) is 5.75 Å². The summed E-state index contributed by atoms with van der Waals surface area (Å²) in [5.41, 5.74) is 5.51. The maximum atomic E-state index is 10.9. The molecule has 0 spiro atoms. The summed E-state index contributed by atoms with van der Waals surface area (Å²) in [5, 5.41) is 8.64. The normalized spacial score (nSPS) is 14.0. The van der Waals surface area contributed by atoms with Gasteiger partial charge in [0.2, 0.25) is 0 Å². The third kappa shape index (κ3) is 7.21. The molecule has 0 saturated heterocycles. The average Bonchev–Trinajstić information content (AvgIpc) is 2.01. The number of aliphatic carboxylic acids is 1. The van der Waals surface area contributed by atoms with E-state index in [2.05, 4.69) is 6.92 Å². The zero-order valence-corrected chi connectivity index (χ0v) is 10.1. The third-order valence-electron chi connectivity index (χ3n) is 1.75. The molecule has 0 aliphatic carbocycles. The second-order valence-electron chi connectivity index (χ2n) is 4.27. The SMILES string of the molecule is CCCCC(SCC(C)(C)N)C(=O)O. The summed E-state index contributed by atoms with van der Waals surface area (Å²) in [6, 6.07) is 0. The Hall–Kier alpha value is -0.220. The van der Waals surface area contributed by atoms with Crippen LogP contribution in [-0.4, -0.2) is 27.6 Å². The zero-order chi connectivity index (χ0) is 11.2. The van der Waals surface area contributed by atoms with E-state index in [1.54, 1.807) is 0 Å². The number of unbranched alkanes of at least 4 members (excludes halogenated alkanes) is 1. The highest BCUT2D eigenvalue weighted by molar-refractivity contribution is 8.00. The highest BCUT2D eigenvalue weighted by atomic mass is 32.2. The Labute approximate surface area is 90.4 Å². The first-order chi connectivity index (χ1) is 6.37. The van der Waals surface area contributed by atoms with Gasteiger partial charge in [-0.15, -0.1) is 11.8 Å². The van der Waals surface area contributed by atoms with E-state index in [0.717, 1.165) is 19.3 Å². The fourth-order valence-corrected chi connectivity index (χ4v) is 2.09. The monoisotopic (exact) mass is 219 g/mol. The molecule has 0 amide bonds. The molecule has 0 bridgehead atoms. The minimum atomic E-state index is -0.715. The van der Waals surface area contributed by atoms with Crippen LogP contribution in [0.25, 0.3) is 0 Å². The molecule has 1 atom stereocenters. The summed E-state index contributed by atoms with van der Waals surface area (Å²) in [6.45, 7) is 5.90. The van der Waals surface area contributed by atoms with Gasteiger partial charge in [0.15, 0.2) is 0 Å². The zero-order valence-electron chi connectivity index (χ0n) is 9.25. The van der Waals surface area contributed by atoms with E-state index >= 15 is 0 Å². The Morgan fingerprint density at radius 1 is 1.57 bits per heavy atom. The number of carboxylic acid groups (broad SMARTS) is 1. The van der Waals surface area contributed by atoms with Gasteiger partial charge in [0.25, 0.3) is 0 Å². The van der Waals surface area contributed by atoms with E-state index in [4.69, 9.17) is 10.8 Å². The Balaban J connectivity index is 3.91. The molecule has 0 radical (unpaired) electrons. The first kappa shape index (κ1) is 13.8.